The summed E-state index contributed by atoms with van der Waals surface area (Å²) in [6, 6.07) is 11.1. The molecular formula is C28H38N2O6S. The molecule has 9 heteroatoms. The maximum absolute atomic E-state index is 12.8. The molecule has 0 bridgehead atoms. The van der Waals surface area contributed by atoms with E-state index in [9.17, 15) is 19.8 Å². The number of hydrogen-bond donors (Lipinski definition) is 4. The highest BCUT2D eigenvalue weighted by Gasteiger charge is 2.60. The molecule has 1 heterocycles. The molecule has 2 aromatic rings. The van der Waals surface area contributed by atoms with E-state index in [1.807, 2.05) is 37.4 Å². The Balaban J connectivity index is 1.45. The van der Waals surface area contributed by atoms with E-state index in [1.54, 1.807) is 30.2 Å². The number of furan rings is 1. The SMILES string of the molecule is CSc1cccc(NC(=O)O[C@@H]2CC[C@]3(C)C(CC[C@@H](O)[C@H]3CC(=O)NCc3ccco3)[C@]2(C)CO)c1. The summed E-state index contributed by atoms with van der Waals surface area (Å²) in [4.78, 5) is 26.7. The summed E-state index contributed by atoms with van der Waals surface area (Å²) >= 11 is 1.59. The van der Waals surface area contributed by atoms with Crippen LogP contribution in [0.5, 0.6) is 0 Å². The van der Waals surface area contributed by atoms with Gasteiger partial charge in [-0.05, 0) is 79.5 Å². The van der Waals surface area contributed by atoms with Crippen molar-refractivity contribution in [1.82, 2.24) is 5.32 Å². The van der Waals surface area contributed by atoms with Crippen LogP contribution in [0.1, 0.15) is 51.7 Å². The van der Waals surface area contributed by atoms with Crippen LogP contribution in [0, 0.1) is 22.7 Å². The van der Waals surface area contributed by atoms with E-state index in [0.717, 1.165) is 4.90 Å². The zero-order chi connectivity index (χ0) is 26.6. The van der Waals surface area contributed by atoms with Gasteiger partial charge in [-0.15, -0.1) is 11.8 Å². The predicted octanol–water partition coefficient (Wildman–Crippen LogP) is 4.81. The van der Waals surface area contributed by atoms with Crippen LogP contribution in [-0.2, 0) is 16.1 Å². The van der Waals surface area contributed by atoms with E-state index in [-0.39, 0.29) is 36.2 Å². The van der Waals surface area contributed by atoms with Crippen molar-refractivity contribution in [3.63, 3.8) is 0 Å². The third-order valence-corrected chi connectivity index (χ3v) is 9.41. The number of anilines is 1. The number of amides is 2. The van der Waals surface area contributed by atoms with Crippen molar-refractivity contribution in [2.45, 2.75) is 69.6 Å². The summed E-state index contributed by atoms with van der Waals surface area (Å²) < 4.78 is 11.2. The lowest BCUT2D eigenvalue weighted by atomic mass is 9.46. The number of benzene rings is 1. The predicted molar refractivity (Wildman–Crippen MR) is 142 cm³/mol. The van der Waals surface area contributed by atoms with Crippen LogP contribution in [0.3, 0.4) is 0 Å². The van der Waals surface area contributed by atoms with Gasteiger partial charge in [0.25, 0.3) is 0 Å². The molecule has 4 rings (SSSR count). The number of aliphatic hydroxyl groups excluding tert-OH is 2. The highest BCUT2D eigenvalue weighted by molar-refractivity contribution is 7.98. The molecule has 2 fully saturated rings. The molecule has 1 aromatic heterocycles. The minimum absolute atomic E-state index is 0.0253. The summed E-state index contributed by atoms with van der Waals surface area (Å²) in [7, 11) is 0. The molecule has 2 saturated carbocycles. The molecular weight excluding hydrogens is 492 g/mol. The van der Waals surface area contributed by atoms with Gasteiger partial charge in [0, 0.05) is 22.4 Å². The Morgan fingerprint density at radius 2 is 2.00 bits per heavy atom. The second-order valence-electron chi connectivity index (χ2n) is 10.8. The molecule has 1 unspecified atom stereocenters. The molecule has 1 aromatic carbocycles. The van der Waals surface area contributed by atoms with Gasteiger partial charge in [0.2, 0.25) is 5.91 Å². The first-order valence-electron chi connectivity index (χ1n) is 12.9. The van der Waals surface area contributed by atoms with Crippen LogP contribution in [0.25, 0.3) is 0 Å². The number of hydrogen-bond acceptors (Lipinski definition) is 7. The number of rotatable bonds is 8. The minimum atomic E-state index is -0.700. The highest BCUT2D eigenvalue weighted by atomic mass is 32.2. The van der Waals surface area contributed by atoms with Crippen molar-refractivity contribution < 1.29 is 29.0 Å². The van der Waals surface area contributed by atoms with Crippen molar-refractivity contribution >= 4 is 29.4 Å². The number of thioether (sulfide) groups is 1. The van der Waals surface area contributed by atoms with Gasteiger partial charge in [0.05, 0.1) is 25.5 Å². The Morgan fingerprint density at radius 3 is 2.70 bits per heavy atom. The fourth-order valence-corrected chi connectivity index (χ4v) is 7.09. The molecule has 2 amide bonds. The summed E-state index contributed by atoms with van der Waals surface area (Å²) in [5, 5.41) is 27.3. The highest BCUT2D eigenvalue weighted by Crippen LogP contribution is 2.61. The number of ether oxygens (including phenoxy) is 1. The van der Waals surface area contributed by atoms with Gasteiger partial charge in [0.1, 0.15) is 11.9 Å². The fraction of sp³-hybridized carbons (Fsp3) is 0.571. The third kappa shape index (κ3) is 5.84. The monoisotopic (exact) mass is 530 g/mol. The summed E-state index contributed by atoms with van der Waals surface area (Å²) in [5.41, 5.74) is -0.432. The quantitative estimate of drug-likeness (QED) is 0.361. The van der Waals surface area contributed by atoms with E-state index < -0.39 is 23.7 Å². The Labute approximate surface area is 222 Å². The third-order valence-electron chi connectivity index (χ3n) is 8.69. The average Bonchev–Trinajstić information content (AvgIpc) is 3.41. The Hall–Kier alpha value is -2.49. The standard InChI is InChI=1S/C28H38N2O6S/c1-27-12-11-24(36-26(34)30-18-6-4-8-20(14-18)37-3)28(2,17-31)23(27)10-9-22(32)21(27)15-25(33)29-16-19-7-5-13-35-19/h4-8,13-14,21-24,31-32H,9-12,15-17H2,1-3H3,(H,29,33)(H,30,34)/t21-,22-,23?,24-,27+,28+/m1/s1. The molecule has 4 N–H and O–H groups in total. The largest absolute Gasteiger partial charge is 0.467 e. The molecule has 37 heavy (non-hydrogen) atoms. The molecule has 0 radical (unpaired) electrons. The summed E-state index contributed by atoms with van der Waals surface area (Å²) in [6.07, 6.45) is 4.54. The van der Waals surface area contributed by atoms with Crippen LogP contribution in [0.2, 0.25) is 0 Å². The van der Waals surface area contributed by atoms with Crippen molar-refractivity contribution in [2.24, 2.45) is 22.7 Å². The molecule has 0 spiro atoms. The lowest BCUT2D eigenvalue weighted by Gasteiger charge is -2.60. The zero-order valence-electron chi connectivity index (χ0n) is 21.7. The van der Waals surface area contributed by atoms with Crippen LogP contribution in [0.15, 0.2) is 52.0 Å². The Kier molecular flexibility index (Phi) is 8.56. The van der Waals surface area contributed by atoms with E-state index in [0.29, 0.717) is 43.7 Å². The normalized spacial score (nSPS) is 31.3. The van der Waals surface area contributed by atoms with Crippen molar-refractivity contribution in [3.05, 3.63) is 48.4 Å². The van der Waals surface area contributed by atoms with Crippen molar-refractivity contribution in [1.29, 1.82) is 0 Å². The van der Waals surface area contributed by atoms with Crippen molar-refractivity contribution in [2.75, 3.05) is 18.2 Å². The van der Waals surface area contributed by atoms with Gasteiger partial charge in [-0.25, -0.2) is 4.79 Å². The average molecular weight is 531 g/mol. The smallest absolute Gasteiger partial charge is 0.411 e. The van der Waals surface area contributed by atoms with Crippen LogP contribution < -0.4 is 10.6 Å². The van der Waals surface area contributed by atoms with Gasteiger partial charge in [0.15, 0.2) is 0 Å². The minimum Gasteiger partial charge on any atom is -0.467 e. The number of carbonyl (C=O) groups excluding carboxylic acids is 2. The Morgan fingerprint density at radius 1 is 1.19 bits per heavy atom. The molecule has 202 valence electrons. The van der Waals surface area contributed by atoms with E-state index >= 15 is 0 Å². The summed E-state index contributed by atoms with van der Waals surface area (Å²) in [5.74, 6) is 0.240. The zero-order valence-corrected chi connectivity index (χ0v) is 22.6. The lowest BCUT2D eigenvalue weighted by molar-refractivity contribution is -0.185. The molecule has 0 saturated heterocycles. The molecule has 2 aliphatic carbocycles. The summed E-state index contributed by atoms with van der Waals surface area (Å²) in [6.45, 7) is 4.23. The first kappa shape index (κ1) is 27.5. The molecule has 8 nitrogen and oxygen atoms in total. The van der Waals surface area contributed by atoms with E-state index in [4.69, 9.17) is 9.15 Å². The number of nitrogens with one attached hydrogen (secondary N) is 2. The first-order valence-corrected chi connectivity index (χ1v) is 14.1. The van der Waals surface area contributed by atoms with E-state index in [1.165, 1.54) is 0 Å². The molecule has 6 atom stereocenters. The van der Waals surface area contributed by atoms with Gasteiger partial charge in [-0.1, -0.05) is 19.9 Å². The number of carbonyl (C=O) groups is 2. The number of fused-ring (bicyclic) bond motifs is 1. The Bertz CT molecular complexity index is 1080. The van der Waals surface area contributed by atoms with Gasteiger partial charge < -0.3 is 24.7 Å². The fourth-order valence-electron chi connectivity index (χ4n) is 6.63. The van der Waals surface area contributed by atoms with Crippen molar-refractivity contribution in [3.8, 4) is 0 Å². The maximum atomic E-state index is 12.8. The second-order valence-corrected chi connectivity index (χ2v) is 11.7. The van der Waals surface area contributed by atoms with Gasteiger partial charge in [-0.3, -0.25) is 10.1 Å². The first-order chi connectivity index (χ1) is 17.7. The van der Waals surface area contributed by atoms with Gasteiger partial charge in [-0.2, -0.15) is 0 Å². The number of aliphatic hydroxyl groups is 2. The lowest BCUT2D eigenvalue weighted by Crippen LogP contribution is -2.61. The van der Waals surface area contributed by atoms with Crippen LogP contribution in [0.4, 0.5) is 10.5 Å². The molecule has 2 aliphatic rings. The van der Waals surface area contributed by atoms with Crippen LogP contribution in [-0.4, -0.2) is 47.3 Å². The molecule has 0 aliphatic heterocycles. The van der Waals surface area contributed by atoms with Gasteiger partial charge >= 0.3 is 6.09 Å². The second kappa shape index (κ2) is 11.5. The van der Waals surface area contributed by atoms with Crippen LogP contribution >= 0.6 is 11.8 Å². The van der Waals surface area contributed by atoms with E-state index in [2.05, 4.69) is 17.6 Å². The maximum Gasteiger partial charge on any atom is 0.411 e. The topological polar surface area (TPSA) is 121 Å².